The molecule has 0 radical (unpaired) electrons. The van der Waals surface area contributed by atoms with Crippen molar-refractivity contribution in [1.29, 1.82) is 0 Å². The van der Waals surface area contributed by atoms with Crippen LogP contribution in [0.3, 0.4) is 0 Å². The Hall–Kier alpha value is -4.68. The van der Waals surface area contributed by atoms with E-state index in [1.54, 1.807) is 6.20 Å². The summed E-state index contributed by atoms with van der Waals surface area (Å²) in [6.07, 6.45) is -0.125. The number of alkyl halides is 3. The molecule has 0 saturated carbocycles. The molecule has 5 aromatic rings. The van der Waals surface area contributed by atoms with Crippen molar-refractivity contribution >= 4 is 5.82 Å². The molecule has 39 heavy (non-hydrogen) atoms. The molecule has 5 rings (SSSR count). The third kappa shape index (κ3) is 6.80. The number of benzene rings is 1. The Morgan fingerprint density at radius 1 is 1.03 bits per heavy atom. The highest BCUT2D eigenvalue weighted by atomic mass is 19.4. The number of nitrogens with one attached hydrogen (secondary N) is 1. The van der Waals surface area contributed by atoms with Gasteiger partial charge in [0, 0.05) is 36.7 Å². The third-order valence-corrected chi connectivity index (χ3v) is 5.77. The fourth-order valence-electron chi connectivity index (χ4n) is 3.91. The van der Waals surface area contributed by atoms with E-state index < -0.39 is 6.36 Å². The summed E-state index contributed by atoms with van der Waals surface area (Å²) in [5.74, 6) is 0.876. The van der Waals surface area contributed by atoms with Gasteiger partial charge in [-0.1, -0.05) is 5.16 Å². The molecule has 0 amide bonds. The zero-order chi connectivity index (χ0) is 27.4. The van der Waals surface area contributed by atoms with E-state index in [9.17, 15) is 13.2 Å². The van der Waals surface area contributed by atoms with Crippen molar-refractivity contribution in [3.63, 3.8) is 0 Å². The Morgan fingerprint density at radius 3 is 2.59 bits per heavy atom. The van der Waals surface area contributed by atoms with Gasteiger partial charge in [0.15, 0.2) is 5.69 Å². The van der Waals surface area contributed by atoms with E-state index in [4.69, 9.17) is 4.52 Å². The Kier molecular flexibility index (Phi) is 7.30. The van der Waals surface area contributed by atoms with E-state index in [0.29, 0.717) is 17.8 Å². The molecule has 4 aromatic heterocycles. The average molecular weight is 539 g/mol. The number of ether oxygens (including phenoxy) is 1. The molecule has 0 bridgehead atoms. The summed E-state index contributed by atoms with van der Waals surface area (Å²) < 4.78 is 50.2. The van der Waals surface area contributed by atoms with Gasteiger partial charge < -0.3 is 14.6 Å². The van der Waals surface area contributed by atoms with Gasteiger partial charge in [0.05, 0.1) is 12.2 Å². The molecule has 1 aromatic carbocycles. The third-order valence-electron chi connectivity index (χ3n) is 5.77. The number of aromatic nitrogens is 7. The van der Waals surface area contributed by atoms with Crippen LogP contribution >= 0.6 is 0 Å². The number of pyridine rings is 1. The van der Waals surface area contributed by atoms with Crippen molar-refractivity contribution in [1.82, 2.24) is 34.7 Å². The van der Waals surface area contributed by atoms with Crippen LogP contribution in [0, 0.1) is 13.8 Å². The van der Waals surface area contributed by atoms with Gasteiger partial charge in [-0.3, -0.25) is 9.36 Å². The van der Waals surface area contributed by atoms with Gasteiger partial charge in [0.1, 0.15) is 11.6 Å². The Morgan fingerprint density at radius 2 is 1.85 bits per heavy atom. The predicted molar refractivity (Wildman–Crippen MR) is 136 cm³/mol. The van der Waals surface area contributed by atoms with E-state index >= 15 is 0 Å². The van der Waals surface area contributed by atoms with Crippen molar-refractivity contribution in [3.8, 4) is 28.7 Å². The summed E-state index contributed by atoms with van der Waals surface area (Å²) in [5.41, 5.74) is 3.87. The number of hydrogen-bond acceptors (Lipinski definition) is 8. The van der Waals surface area contributed by atoms with Gasteiger partial charge in [0.25, 0.3) is 5.89 Å². The first-order valence-corrected chi connectivity index (χ1v) is 12.2. The first-order chi connectivity index (χ1) is 18.7. The van der Waals surface area contributed by atoms with Gasteiger partial charge in [-0.2, -0.15) is 15.2 Å². The molecule has 0 aliphatic carbocycles. The molecule has 0 aliphatic heterocycles. The molecule has 1 N–H and O–H groups in total. The molecule has 0 unspecified atom stereocenters. The lowest BCUT2D eigenvalue weighted by Gasteiger charge is -2.09. The molecule has 202 valence electrons. The van der Waals surface area contributed by atoms with Gasteiger partial charge in [0.2, 0.25) is 5.82 Å². The van der Waals surface area contributed by atoms with Crippen molar-refractivity contribution in [2.75, 3.05) is 11.9 Å². The van der Waals surface area contributed by atoms with Crippen LogP contribution in [0.1, 0.15) is 23.4 Å². The first-order valence-electron chi connectivity index (χ1n) is 12.2. The van der Waals surface area contributed by atoms with E-state index in [-0.39, 0.29) is 17.5 Å². The normalized spacial score (nSPS) is 11.6. The van der Waals surface area contributed by atoms with Crippen molar-refractivity contribution in [3.05, 3.63) is 77.9 Å². The molecule has 0 aliphatic rings. The summed E-state index contributed by atoms with van der Waals surface area (Å²) in [4.78, 5) is 8.75. The Labute approximate surface area is 221 Å². The number of rotatable bonds is 10. The molecular formula is C26H25F3N8O2. The van der Waals surface area contributed by atoms with E-state index in [1.165, 1.54) is 24.3 Å². The average Bonchev–Trinajstić information content (AvgIpc) is 3.62. The van der Waals surface area contributed by atoms with Gasteiger partial charge in [-0.25, -0.2) is 4.98 Å². The van der Waals surface area contributed by atoms with E-state index in [2.05, 4.69) is 35.4 Å². The lowest BCUT2D eigenvalue weighted by molar-refractivity contribution is -0.274. The van der Waals surface area contributed by atoms with Crippen LogP contribution in [0.4, 0.5) is 19.0 Å². The lowest BCUT2D eigenvalue weighted by Crippen LogP contribution is -2.16. The van der Waals surface area contributed by atoms with Crippen LogP contribution in [0.2, 0.25) is 0 Å². The molecule has 4 heterocycles. The summed E-state index contributed by atoms with van der Waals surface area (Å²) in [7, 11) is 0. The molecule has 13 heteroatoms. The molecule has 0 fully saturated rings. The first kappa shape index (κ1) is 25.9. The summed E-state index contributed by atoms with van der Waals surface area (Å²) in [5, 5.41) is 16.3. The zero-order valence-electron chi connectivity index (χ0n) is 21.2. The van der Waals surface area contributed by atoms with Gasteiger partial charge in [-0.15, -0.1) is 13.2 Å². The van der Waals surface area contributed by atoms with Gasteiger partial charge >= 0.3 is 6.36 Å². The number of halogens is 3. The van der Waals surface area contributed by atoms with Crippen LogP contribution in [0.25, 0.3) is 23.0 Å². The number of anilines is 1. The van der Waals surface area contributed by atoms with Gasteiger partial charge in [-0.05, 0) is 74.4 Å². The van der Waals surface area contributed by atoms with Crippen LogP contribution < -0.4 is 10.1 Å². The summed E-state index contributed by atoms with van der Waals surface area (Å²) in [6.45, 7) is 5.99. The van der Waals surface area contributed by atoms with Crippen LogP contribution in [0.5, 0.6) is 5.75 Å². The number of nitrogens with zero attached hydrogens (tertiary/aromatic N) is 7. The minimum Gasteiger partial charge on any atom is -0.406 e. The highest BCUT2D eigenvalue weighted by Crippen LogP contribution is 2.27. The highest BCUT2D eigenvalue weighted by Gasteiger charge is 2.31. The quantitative estimate of drug-likeness (QED) is 0.240. The molecule has 0 atom stereocenters. The highest BCUT2D eigenvalue weighted by molar-refractivity contribution is 5.59. The maximum absolute atomic E-state index is 12.4. The largest absolute Gasteiger partial charge is 0.573 e. The lowest BCUT2D eigenvalue weighted by atomic mass is 10.2. The number of hydrogen-bond donors (Lipinski definition) is 1. The van der Waals surface area contributed by atoms with Crippen LogP contribution in [-0.2, 0) is 13.1 Å². The summed E-state index contributed by atoms with van der Waals surface area (Å²) >= 11 is 0. The minimum atomic E-state index is -4.76. The second-order valence-corrected chi connectivity index (χ2v) is 8.87. The fourth-order valence-corrected chi connectivity index (χ4v) is 3.91. The Bertz CT molecular complexity index is 1540. The van der Waals surface area contributed by atoms with Crippen LogP contribution in [0.15, 0.2) is 65.4 Å². The maximum atomic E-state index is 12.4. The monoisotopic (exact) mass is 538 g/mol. The van der Waals surface area contributed by atoms with E-state index in [0.717, 1.165) is 42.3 Å². The molecule has 10 nitrogen and oxygen atoms in total. The molecular weight excluding hydrogens is 513 g/mol. The predicted octanol–water partition coefficient (Wildman–Crippen LogP) is 5.26. The zero-order valence-corrected chi connectivity index (χ0v) is 21.2. The Balaban J connectivity index is 1.20. The smallest absolute Gasteiger partial charge is 0.406 e. The summed E-state index contributed by atoms with van der Waals surface area (Å²) in [6, 6.07) is 12.9. The second kappa shape index (κ2) is 11.0. The fraction of sp³-hybridized carbons (Fsp3) is 0.269. The van der Waals surface area contributed by atoms with Crippen LogP contribution in [-0.4, -0.2) is 47.6 Å². The number of aryl methyl sites for hydroxylation is 3. The minimum absolute atomic E-state index is 0.201. The van der Waals surface area contributed by atoms with Crippen molar-refractivity contribution < 1.29 is 22.4 Å². The van der Waals surface area contributed by atoms with Crippen molar-refractivity contribution in [2.24, 2.45) is 0 Å². The topological polar surface area (TPSA) is 109 Å². The van der Waals surface area contributed by atoms with Crippen molar-refractivity contribution in [2.45, 2.75) is 39.7 Å². The maximum Gasteiger partial charge on any atom is 0.573 e. The molecule has 0 saturated heterocycles. The standard InChI is InChI=1S/C26H25F3N8O2/c1-17-9-13-36(33-17)12-3-10-30-23-15-19(8-11-31-23)16-37-18(2)14-22(34-37)25-32-24(35-39-25)20-4-6-21(7-5-20)38-26(27,28)29/h4-9,11,13-15H,3,10,12,16H2,1-2H3,(H,30,31). The van der Waals surface area contributed by atoms with E-state index in [1.807, 2.05) is 53.7 Å². The molecule has 0 spiro atoms. The second-order valence-electron chi connectivity index (χ2n) is 8.87. The SMILES string of the molecule is Cc1ccn(CCCNc2cc(Cn3nc(-c4nc(-c5ccc(OC(F)(F)F)cc5)no4)cc3C)ccn2)n1.